The van der Waals surface area contributed by atoms with Gasteiger partial charge in [0.2, 0.25) is 11.8 Å². The van der Waals surface area contributed by atoms with E-state index in [2.05, 4.69) is 31.3 Å². The van der Waals surface area contributed by atoms with Crippen LogP contribution in [-0.2, 0) is 22.4 Å². The number of amides is 2. The fraction of sp³-hybridized carbons (Fsp3) is 0.391. The first-order chi connectivity index (χ1) is 13.0. The lowest BCUT2D eigenvalue weighted by molar-refractivity contribution is -0.122. The number of aryl methyl sites for hydroxylation is 3. The fourth-order valence-corrected chi connectivity index (χ4v) is 3.77. The minimum atomic E-state index is -0.327. The minimum absolute atomic E-state index is 0.0170. The summed E-state index contributed by atoms with van der Waals surface area (Å²) in [5.74, 6) is -0.373. The Kier molecular flexibility index (Phi) is 5.64. The molecule has 1 fully saturated rings. The molecule has 3 rings (SSSR count). The predicted molar refractivity (Wildman–Crippen MR) is 110 cm³/mol. The van der Waals surface area contributed by atoms with E-state index in [0.29, 0.717) is 6.54 Å². The molecule has 2 aromatic carbocycles. The van der Waals surface area contributed by atoms with Crippen LogP contribution in [0.1, 0.15) is 42.5 Å². The quantitative estimate of drug-likeness (QED) is 0.854. The maximum absolute atomic E-state index is 12.9. The van der Waals surface area contributed by atoms with E-state index in [1.807, 2.05) is 38.1 Å². The van der Waals surface area contributed by atoms with Crippen molar-refractivity contribution in [3.63, 3.8) is 0 Å². The number of nitrogens with one attached hydrogen (secondary N) is 1. The summed E-state index contributed by atoms with van der Waals surface area (Å²) in [5, 5.41) is 3.12. The third kappa shape index (κ3) is 3.75. The summed E-state index contributed by atoms with van der Waals surface area (Å²) < 4.78 is 0. The molecule has 1 heterocycles. The van der Waals surface area contributed by atoms with Gasteiger partial charge in [-0.25, -0.2) is 0 Å². The second-order valence-corrected chi connectivity index (χ2v) is 7.27. The SMILES string of the molecule is CCc1cccc(CC)c1NC(=O)C1CC(=O)N(c2cccc(C)c2C)C1. The first kappa shape index (κ1) is 19.2. The van der Waals surface area contributed by atoms with Crippen LogP contribution in [0.15, 0.2) is 36.4 Å². The summed E-state index contributed by atoms with van der Waals surface area (Å²) in [6, 6.07) is 12.1. The van der Waals surface area contributed by atoms with E-state index in [0.717, 1.165) is 46.5 Å². The Hall–Kier alpha value is -2.62. The van der Waals surface area contributed by atoms with Crippen molar-refractivity contribution in [3.05, 3.63) is 58.7 Å². The molecular weight excluding hydrogens is 336 g/mol. The molecule has 4 heteroatoms. The highest BCUT2D eigenvalue weighted by molar-refractivity contribution is 6.04. The number of nitrogens with zero attached hydrogens (tertiary/aromatic N) is 1. The second kappa shape index (κ2) is 7.95. The lowest BCUT2D eigenvalue weighted by Crippen LogP contribution is -2.29. The molecular formula is C23H28N2O2. The average Bonchev–Trinajstić information content (AvgIpc) is 3.05. The van der Waals surface area contributed by atoms with Crippen molar-refractivity contribution < 1.29 is 9.59 Å². The van der Waals surface area contributed by atoms with Gasteiger partial charge in [-0.3, -0.25) is 9.59 Å². The van der Waals surface area contributed by atoms with Crippen LogP contribution >= 0.6 is 0 Å². The Labute approximate surface area is 161 Å². The number of carbonyl (C=O) groups excluding carboxylic acids is 2. The number of rotatable bonds is 5. The monoisotopic (exact) mass is 364 g/mol. The van der Waals surface area contributed by atoms with Crippen molar-refractivity contribution in [2.75, 3.05) is 16.8 Å². The molecule has 0 aliphatic carbocycles. The van der Waals surface area contributed by atoms with Gasteiger partial charge in [0.25, 0.3) is 0 Å². The van der Waals surface area contributed by atoms with E-state index in [1.54, 1.807) is 4.90 Å². The number of hydrogen-bond donors (Lipinski definition) is 1. The highest BCUT2D eigenvalue weighted by Gasteiger charge is 2.36. The zero-order chi connectivity index (χ0) is 19.6. The van der Waals surface area contributed by atoms with E-state index in [-0.39, 0.29) is 24.2 Å². The molecule has 1 aliphatic rings. The number of hydrogen-bond acceptors (Lipinski definition) is 2. The number of benzene rings is 2. The Bertz CT molecular complexity index is 850. The van der Waals surface area contributed by atoms with Gasteiger partial charge in [-0.05, 0) is 55.0 Å². The van der Waals surface area contributed by atoms with Crippen LogP contribution in [-0.4, -0.2) is 18.4 Å². The third-order valence-corrected chi connectivity index (χ3v) is 5.61. The van der Waals surface area contributed by atoms with Crippen LogP contribution in [0.3, 0.4) is 0 Å². The van der Waals surface area contributed by atoms with Gasteiger partial charge in [0.15, 0.2) is 0 Å². The molecule has 0 radical (unpaired) electrons. The number of anilines is 2. The molecule has 27 heavy (non-hydrogen) atoms. The van der Waals surface area contributed by atoms with Crippen molar-refractivity contribution >= 4 is 23.2 Å². The predicted octanol–water partition coefficient (Wildman–Crippen LogP) is 4.42. The highest BCUT2D eigenvalue weighted by atomic mass is 16.2. The zero-order valence-electron chi connectivity index (χ0n) is 16.6. The zero-order valence-corrected chi connectivity index (χ0v) is 16.6. The largest absolute Gasteiger partial charge is 0.325 e. The van der Waals surface area contributed by atoms with Gasteiger partial charge < -0.3 is 10.2 Å². The van der Waals surface area contributed by atoms with E-state index in [4.69, 9.17) is 0 Å². The molecule has 0 saturated carbocycles. The van der Waals surface area contributed by atoms with Gasteiger partial charge in [0.05, 0.1) is 5.92 Å². The van der Waals surface area contributed by atoms with Crippen LogP contribution in [0, 0.1) is 19.8 Å². The lowest BCUT2D eigenvalue weighted by Gasteiger charge is -2.20. The summed E-state index contributed by atoms with van der Waals surface area (Å²) in [4.78, 5) is 27.3. The minimum Gasteiger partial charge on any atom is -0.325 e. The molecule has 4 nitrogen and oxygen atoms in total. The van der Waals surface area contributed by atoms with E-state index in [9.17, 15) is 9.59 Å². The van der Waals surface area contributed by atoms with Gasteiger partial charge in [0.1, 0.15) is 0 Å². The third-order valence-electron chi connectivity index (χ3n) is 5.61. The Balaban J connectivity index is 1.80. The number of para-hydroxylation sites is 1. The molecule has 2 aromatic rings. The van der Waals surface area contributed by atoms with Crippen molar-refractivity contribution in [2.45, 2.75) is 47.0 Å². The summed E-state index contributed by atoms with van der Waals surface area (Å²) in [5.41, 5.74) is 6.36. The van der Waals surface area contributed by atoms with Crippen LogP contribution in [0.5, 0.6) is 0 Å². The van der Waals surface area contributed by atoms with Gasteiger partial charge >= 0.3 is 0 Å². The van der Waals surface area contributed by atoms with Crippen LogP contribution in [0.25, 0.3) is 0 Å². The van der Waals surface area contributed by atoms with E-state index in [1.165, 1.54) is 0 Å². The summed E-state index contributed by atoms with van der Waals surface area (Å²) >= 11 is 0. The van der Waals surface area contributed by atoms with E-state index >= 15 is 0 Å². The molecule has 0 aromatic heterocycles. The molecule has 1 saturated heterocycles. The Morgan fingerprint density at radius 1 is 1.07 bits per heavy atom. The van der Waals surface area contributed by atoms with Crippen molar-refractivity contribution in [2.24, 2.45) is 5.92 Å². The average molecular weight is 364 g/mol. The lowest BCUT2D eigenvalue weighted by atomic mass is 10.0. The maximum Gasteiger partial charge on any atom is 0.229 e. The molecule has 142 valence electrons. The van der Waals surface area contributed by atoms with Crippen molar-refractivity contribution in [1.29, 1.82) is 0 Å². The van der Waals surface area contributed by atoms with Gasteiger partial charge in [-0.15, -0.1) is 0 Å². The molecule has 0 spiro atoms. The first-order valence-electron chi connectivity index (χ1n) is 9.74. The maximum atomic E-state index is 12.9. The van der Waals surface area contributed by atoms with E-state index < -0.39 is 0 Å². The first-order valence-corrected chi connectivity index (χ1v) is 9.74. The second-order valence-electron chi connectivity index (χ2n) is 7.27. The van der Waals surface area contributed by atoms with Gasteiger partial charge in [-0.1, -0.05) is 44.2 Å². The van der Waals surface area contributed by atoms with Crippen molar-refractivity contribution in [1.82, 2.24) is 0 Å². The molecule has 2 amide bonds. The summed E-state index contributed by atoms with van der Waals surface area (Å²) in [6.45, 7) is 8.68. The fourth-order valence-electron chi connectivity index (χ4n) is 3.77. The molecule has 0 bridgehead atoms. The summed E-state index contributed by atoms with van der Waals surface area (Å²) in [6.07, 6.45) is 1.98. The Morgan fingerprint density at radius 3 is 2.33 bits per heavy atom. The van der Waals surface area contributed by atoms with Crippen LogP contribution in [0.4, 0.5) is 11.4 Å². The smallest absolute Gasteiger partial charge is 0.229 e. The van der Waals surface area contributed by atoms with Gasteiger partial charge in [0, 0.05) is 24.3 Å². The molecule has 1 unspecified atom stereocenters. The molecule has 1 atom stereocenters. The topological polar surface area (TPSA) is 49.4 Å². The normalized spacial score (nSPS) is 16.7. The Morgan fingerprint density at radius 2 is 1.70 bits per heavy atom. The molecule has 1 aliphatic heterocycles. The van der Waals surface area contributed by atoms with Gasteiger partial charge in [-0.2, -0.15) is 0 Å². The molecule has 1 N–H and O–H groups in total. The van der Waals surface area contributed by atoms with Crippen LogP contribution < -0.4 is 10.2 Å². The summed E-state index contributed by atoms with van der Waals surface area (Å²) in [7, 11) is 0. The van der Waals surface area contributed by atoms with Crippen LogP contribution in [0.2, 0.25) is 0 Å². The van der Waals surface area contributed by atoms with Crippen molar-refractivity contribution in [3.8, 4) is 0 Å². The number of carbonyl (C=O) groups is 2. The highest BCUT2D eigenvalue weighted by Crippen LogP contribution is 2.31. The standard InChI is InChI=1S/C23H28N2O2/c1-5-17-10-8-11-18(6-2)22(17)24-23(27)19-13-21(26)25(14-19)20-12-7-9-15(3)16(20)4/h7-12,19H,5-6,13-14H2,1-4H3,(H,24,27).